The summed E-state index contributed by atoms with van der Waals surface area (Å²) in [6.45, 7) is 8.77. The van der Waals surface area contributed by atoms with Crippen molar-refractivity contribution in [2.24, 2.45) is 0 Å². The fraction of sp³-hybridized carbons (Fsp3) is 0.214. The van der Waals surface area contributed by atoms with E-state index in [-0.39, 0.29) is 6.04 Å². The zero-order valence-electron chi connectivity index (χ0n) is 19.2. The molecule has 32 heavy (non-hydrogen) atoms. The van der Waals surface area contributed by atoms with Crippen LogP contribution in [0.4, 0.5) is 22.9 Å². The average Bonchev–Trinajstić information content (AvgIpc) is 2.81. The van der Waals surface area contributed by atoms with Crippen LogP contribution >= 0.6 is 0 Å². The Labute approximate surface area is 191 Å². The van der Waals surface area contributed by atoms with Crippen LogP contribution in [0.3, 0.4) is 0 Å². The molecule has 0 spiro atoms. The highest BCUT2D eigenvalue weighted by molar-refractivity contribution is 5.72. The molecule has 0 saturated heterocycles. The monoisotopic (exact) mass is 422 g/mol. The number of para-hydroxylation sites is 1. The van der Waals surface area contributed by atoms with Gasteiger partial charge in [-0.1, -0.05) is 36.4 Å². The van der Waals surface area contributed by atoms with Gasteiger partial charge in [-0.05, 0) is 76.2 Å². The van der Waals surface area contributed by atoms with E-state index in [4.69, 9.17) is 4.98 Å². The normalized spacial score (nSPS) is 11.1. The Morgan fingerprint density at radius 3 is 2.00 bits per heavy atom. The maximum absolute atomic E-state index is 5.05. The van der Waals surface area contributed by atoms with E-state index in [1.54, 1.807) is 6.20 Å². The van der Waals surface area contributed by atoms with Gasteiger partial charge in [0.25, 0.3) is 0 Å². The third-order valence-corrected chi connectivity index (χ3v) is 5.39. The molecule has 0 aliphatic heterocycles. The summed E-state index contributed by atoms with van der Waals surface area (Å²) in [5.74, 6) is 0.946. The van der Waals surface area contributed by atoms with Crippen molar-refractivity contribution in [2.45, 2.75) is 39.8 Å². The molecule has 0 fully saturated rings. The number of hydrogen-bond acceptors (Lipinski definition) is 4. The summed E-state index contributed by atoms with van der Waals surface area (Å²) >= 11 is 0. The van der Waals surface area contributed by atoms with Crippen molar-refractivity contribution >= 4 is 22.9 Å². The summed E-state index contributed by atoms with van der Waals surface area (Å²) in [6.07, 6.45) is 3.72. The third kappa shape index (κ3) is 4.65. The van der Waals surface area contributed by atoms with Crippen molar-refractivity contribution in [2.75, 3.05) is 9.80 Å². The van der Waals surface area contributed by atoms with Crippen molar-refractivity contribution in [3.8, 4) is 11.3 Å². The summed E-state index contributed by atoms with van der Waals surface area (Å²) in [6, 6.07) is 29.9. The largest absolute Gasteiger partial charge is 0.338 e. The highest BCUT2D eigenvalue weighted by Gasteiger charge is 2.17. The second-order valence-corrected chi connectivity index (χ2v) is 8.41. The van der Waals surface area contributed by atoms with Crippen LogP contribution in [-0.4, -0.2) is 22.1 Å². The Balaban J connectivity index is 1.73. The standard InChI is InChI=1S/C28H30N4/c1-21(2)31(26-15-10-18-29-20-26)25-14-8-11-23(19-25)27-16-9-17-28(30-27)32(22(3)4)24-12-6-5-7-13-24/h5-22H,1-4H3. The van der Waals surface area contributed by atoms with E-state index in [1.165, 1.54) is 0 Å². The van der Waals surface area contributed by atoms with E-state index in [2.05, 4.69) is 115 Å². The molecule has 0 aliphatic rings. The summed E-state index contributed by atoms with van der Waals surface area (Å²) in [5.41, 5.74) is 5.40. The van der Waals surface area contributed by atoms with Gasteiger partial charge in [-0.25, -0.2) is 4.98 Å². The highest BCUT2D eigenvalue weighted by Crippen LogP contribution is 2.32. The maximum atomic E-state index is 5.05. The highest BCUT2D eigenvalue weighted by atomic mass is 15.2. The molecule has 162 valence electrons. The van der Waals surface area contributed by atoms with Gasteiger partial charge >= 0.3 is 0 Å². The number of aromatic nitrogens is 2. The smallest absolute Gasteiger partial charge is 0.133 e. The second kappa shape index (κ2) is 9.65. The van der Waals surface area contributed by atoms with Crippen LogP contribution < -0.4 is 9.80 Å². The molecule has 4 aromatic rings. The van der Waals surface area contributed by atoms with Crippen molar-refractivity contribution in [3.63, 3.8) is 0 Å². The molecule has 4 heteroatoms. The second-order valence-electron chi connectivity index (χ2n) is 8.41. The van der Waals surface area contributed by atoms with E-state index in [1.807, 2.05) is 18.3 Å². The molecule has 0 aliphatic carbocycles. The molecular formula is C28H30N4. The zero-order chi connectivity index (χ0) is 22.5. The van der Waals surface area contributed by atoms with Gasteiger partial charge in [0.1, 0.15) is 5.82 Å². The zero-order valence-corrected chi connectivity index (χ0v) is 19.2. The van der Waals surface area contributed by atoms with Crippen LogP contribution in [0, 0.1) is 0 Å². The number of rotatable bonds is 7. The first kappa shape index (κ1) is 21.6. The van der Waals surface area contributed by atoms with Gasteiger partial charge in [-0.15, -0.1) is 0 Å². The summed E-state index contributed by atoms with van der Waals surface area (Å²) in [5, 5.41) is 0. The van der Waals surface area contributed by atoms with Crippen molar-refractivity contribution < 1.29 is 0 Å². The molecule has 0 atom stereocenters. The molecule has 0 radical (unpaired) electrons. The molecule has 0 N–H and O–H groups in total. The van der Waals surface area contributed by atoms with Crippen LogP contribution in [-0.2, 0) is 0 Å². The Kier molecular flexibility index (Phi) is 6.50. The molecule has 2 aromatic carbocycles. The lowest BCUT2D eigenvalue weighted by Gasteiger charge is -2.29. The lowest BCUT2D eigenvalue weighted by atomic mass is 10.1. The minimum Gasteiger partial charge on any atom is -0.338 e. The molecule has 0 saturated carbocycles. The molecule has 2 heterocycles. The Bertz CT molecular complexity index is 1050. The number of hydrogen-bond donors (Lipinski definition) is 0. The van der Waals surface area contributed by atoms with E-state index < -0.39 is 0 Å². The molecule has 0 bridgehead atoms. The summed E-state index contributed by atoms with van der Waals surface area (Å²) in [4.78, 5) is 13.9. The molecule has 4 rings (SSSR count). The minimum atomic E-state index is 0.286. The number of benzene rings is 2. The van der Waals surface area contributed by atoms with E-state index in [0.717, 1.165) is 34.1 Å². The fourth-order valence-electron chi connectivity index (χ4n) is 4.06. The summed E-state index contributed by atoms with van der Waals surface area (Å²) < 4.78 is 0. The number of nitrogens with zero attached hydrogens (tertiary/aromatic N) is 4. The average molecular weight is 423 g/mol. The minimum absolute atomic E-state index is 0.286. The number of pyridine rings is 2. The molecule has 4 nitrogen and oxygen atoms in total. The Morgan fingerprint density at radius 1 is 0.625 bits per heavy atom. The van der Waals surface area contributed by atoms with E-state index >= 15 is 0 Å². The van der Waals surface area contributed by atoms with Crippen LogP contribution in [0.2, 0.25) is 0 Å². The quantitative estimate of drug-likeness (QED) is 0.314. The topological polar surface area (TPSA) is 32.3 Å². The Hall–Kier alpha value is -3.66. The van der Waals surface area contributed by atoms with Crippen molar-refractivity contribution in [1.82, 2.24) is 9.97 Å². The van der Waals surface area contributed by atoms with Gasteiger partial charge in [0, 0.05) is 35.2 Å². The Morgan fingerprint density at radius 2 is 1.31 bits per heavy atom. The van der Waals surface area contributed by atoms with Gasteiger partial charge in [0.05, 0.1) is 17.6 Å². The third-order valence-electron chi connectivity index (χ3n) is 5.39. The van der Waals surface area contributed by atoms with Gasteiger partial charge in [-0.2, -0.15) is 0 Å². The first-order chi connectivity index (χ1) is 15.5. The molecule has 0 amide bonds. The van der Waals surface area contributed by atoms with Crippen molar-refractivity contribution in [1.29, 1.82) is 0 Å². The SMILES string of the molecule is CC(C)N(c1cccnc1)c1cccc(-c2cccc(N(c3ccccc3)C(C)C)n2)c1. The molecular weight excluding hydrogens is 392 g/mol. The van der Waals surface area contributed by atoms with Gasteiger partial charge < -0.3 is 9.80 Å². The number of anilines is 4. The maximum Gasteiger partial charge on any atom is 0.133 e. The fourth-order valence-corrected chi connectivity index (χ4v) is 4.06. The van der Waals surface area contributed by atoms with E-state index in [0.29, 0.717) is 6.04 Å². The van der Waals surface area contributed by atoms with Crippen molar-refractivity contribution in [3.05, 3.63) is 97.3 Å². The predicted octanol–water partition coefficient (Wildman–Crippen LogP) is 7.24. The first-order valence-corrected chi connectivity index (χ1v) is 11.2. The first-order valence-electron chi connectivity index (χ1n) is 11.2. The van der Waals surface area contributed by atoms with Crippen LogP contribution in [0.1, 0.15) is 27.7 Å². The molecule has 2 aromatic heterocycles. The van der Waals surface area contributed by atoms with Crippen LogP contribution in [0.5, 0.6) is 0 Å². The van der Waals surface area contributed by atoms with Gasteiger partial charge in [-0.3, -0.25) is 4.98 Å². The predicted molar refractivity (Wildman–Crippen MR) is 135 cm³/mol. The van der Waals surface area contributed by atoms with Crippen LogP contribution in [0.25, 0.3) is 11.3 Å². The van der Waals surface area contributed by atoms with E-state index in [9.17, 15) is 0 Å². The molecule has 0 unspecified atom stereocenters. The van der Waals surface area contributed by atoms with Gasteiger partial charge in [0.15, 0.2) is 0 Å². The lowest BCUT2D eigenvalue weighted by Crippen LogP contribution is -2.26. The summed E-state index contributed by atoms with van der Waals surface area (Å²) in [7, 11) is 0. The van der Waals surface area contributed by atoms with Crippen LogP contribution in [0.15, 0.2) is 97.3 Å². The lowest BCUT2D eigenvalue weighted by molar-refractivity contribution is 0.778. The van der Waals surface area contributed by atoms with Gasteiger partial charge in [0.2, 0.25) is 0 Å².